The Labute approximate surface area is 241 Å². The third-order valence-electron chi connectivity index (χ3n) is 8.41. The molecule has 0 bridgehead atoms. The normalized spacial score (nSPS) is 34.5. The van der Waals surface area contributed by atoms with Gasteiger partial charge in [0, 0.05) is 29.2 Å². The fraction of sp³-hybridized carbons (Fsp3) is 0.517. The Morgan fingerprint density at radius 2 is 1.74 bits per heavy atom. The van der Waals surface area contributed by atoms with E-state index in [1.54, 1.807) is 24.3 Å². The minimum Gasteiger partial charge on any atom is -0.493 e. The number of benzene rings is 2. The third-order valence-corrected chi connectivity index (χ3v) is 8.41. The molecule has 4 aliphatic heterocycles. The molecule has 13 heteroatoms. The lowest BCUT2D eigenvalue weighted by molar-refractivity contribution is -0.299. The Bertz CT molecular complexity index is 1360. The number of hydrogen-bond acceptors (Lipinski definition) is 13. The summed E-state index contributed by atoms with van der Waals surface area (Å²) in [5.41, 5.74) is 0.00713. The van der Waals surface area contributed by atoms with E-state index in [0.29, 0.717) is 57.4 Å². The van der Waals surface area contributed by atoms with Gasteiger partial charge >= 0.3 is 0 Å². The monoisotopic (exact) mass is 590 g/mol. The van der Waals surface area contributed by atoms with E-state index in [1.165, 1.54) is 14.2 Å². The van der Waals surface area contributed by atoms with E-state index in [2.05, 4.69) is 6.58 Å². The molecule has 228 valence electrons. The summed E-state index contributed by atoms with van der Waals surface area (Å²) in [6, 6.07) is 6.50. The van der Waals surface area contributed by atoms with Gasteiger partial charge in [0.05, 0.1) is 27.4 Å². The van der Waals surface area contributed by atoms with Gasteiger partial charge in [-0.3, -0.25) is 0 Å². The maximum absolute atomic E-state index is 11.9. The predicted molar refractivity (Wildman–Crippen MR) is 142 cm³/mol. The molecule has 42 heavy (non-hydrogen) atoms. The van der Waals surface area contributed by atoms with Crippen molar-refractivity contribution in [2.24, 2.45) is 0 Å². The van der Waals surface area contributed by atoms with Crippen molar-refractivity contribution in [3.8, 4) is 28.7 Å². The zero-order valence-electron chi connectivity index (χ0n) is 23.0. The molecule has 0 amide bonds. The van der Waals surface area contributed by atoms with Crippen LogP contribution in [0.3, 0.4) is 0 Å². The van der Waals surface area contributed by atoms with E-state index >= 15 is 0 Å². The molecule has 4 heterocycles. The van der Waals surface area contributed by atoms with E-state index in [-0.39, 0.29) is 13.2 Å². The van der Waals surface area contributed by atoms with Crippen LogP contribution in [0.1, 0.15) is 22.8 Å². The van der Waals surface area contributed by atoms with Crippen molar-refractivity contribution in [3.63, 3.8) is 0 Å². The van der Waals surface area contributed by atoms with Crippen LogP contribution in [0.4, 0.5) is 0 Å². The van der Waals surface area contributed by atoms with Gasteiger partial charge in [-0.25, -0.2) is 0 Å². The van der Waals surface area contributed by atoms with Gasteiger partial charge < -0.3 is 63.8 Å². The van der Waals surface area contributed by atoms with Crippen molar-refractivity contribution in [2.75, 3.05) is 34.0 Å². The Balaban J connectivity index is 1.20. The van der Waals surface area contributed by atoms with Crippen LogP contribution >= 0.6 is 0 Å². The van der Waals surface area contributed by atoms with E-state index in [1.807, 2.05) is 0 Å². The molecule has 6 rings (SSSR count). The van der Waals surface area contributed by atoms with Gasteiger partial charge in [-0.1, -0.05) is 6.58 Å². The SMILES string of the molecule is C=C(CO[C@@H]1O[C@H](CO)[C@@H](O)[C@H](O)[C@H]1O)[C@@H]1Cc2c(ccc3c2O[C@@H]2COc4cc(OC)c(OC)cc4[C@]2(O)[C@H]3O)O1. The Hall–Kier alpha value is -3.14. The van der Waals surface area contributed by atoms with E-state index in [0.717, 1.165) is 0 Å². The molecule has 0 spiro atoms. The van der Waals surface area contributed by atoms with Crippen LogP contribution in [0.15, 0.2) is 36.4 Å². The molecule has 0 saturated carbocycles. The fourth-order valence-electron chi connectivity index (χ4n) is 5.97. The number of rotatable bonds is 7. The average molecular weight is 591 g/mol. The molecule has 13 nitrogen and oxygen atoms in total. The maximum Gasteiger partial charge on any atom is 0.187 e. The second kappa shape index (κ2) is 10.8. The summed E-state index contributed by atoms with van der Waals surface area (Å²) >= 11 is 0. The van der Waals surface area contributed by atoms with Crippen molar-refractivity contribution in [3.05, 3.63) is 53.1 Å². The van der Waals surface area contributed by atoms with Gasteiger partial charge in [0.1, 0.15) is 60.5 Å². The summed E-state index contributed by atoms with van der Waals surface area (Å²) in [4.78, 5) is 0. The van der Waals surface area contributed by atoms with Crippen molar-refractivity contribution >= 4 is 0 Å². The highest BCUT2D eigenvalue weighted by atomic mass is 16.7. The first-order valence-corrected chi connectivity index (χ1v) is 13.5. The van der Waals surface area contributed by atoms with Crippen molar-refractivity contribution < 1.29 is 63.8 Å². The number of methoxy groups -OCH3 is 2. The lowest BCUT2D eigenvalue weighted by Crippen LogP contribution is -2.59. The van der Waals surface area contributed by atoms with Gasteiger partial charge in [-0.15, -0.1) is 0 Å². The molecule has 0 aromatic heterocycles. The number of aliphatic hydroxyl groups excluding tert-OH is 5. The fourth-order valence-corrected chi connectivity index (χ4v) is 5.97. The number of ether oxygens (including phenoxy) is 7. The van der Waals surface area contributed by atoms with Crippen LogP contribution in [-0.4, -0.2) is 108 Å². The quantitative estimate of drug-likeness (QED) is 0.226. The summed E-state index contributed by atoms with van der Waals surface area (Å²) in [5, 5.41) is 63.1. The molecular weight excluding hydrogens is 556 g/mol. The number of fused-ring (bicyclic) bond motifs is 6. The van der Waals surface area contributed by atoms with Gasteiger partial charge in [-0.2, -0.15) is 0 Å². The predicted octanol–water partition coefficient (Wildman–Crippen LogP) is -0.545. The molecule has 4 aliphatic rings. The van der Waals surface area contributed by atoms with E-state index in [9.17, 15) is 30.6 Å². The molecule has 1 fully saturated rings. The van der Waals surface area contributed by atoms with Crippen LogP contribution in [0.2, 0.25) is 0 Å². The van der Waals surface area contributed by atoms with Gasteiger partial charge in [0.25, 0.3) is 0 Å². The smallest absolute Gasteiger partial charge is 0.187 e. The molecule has 9 atom stereocenters. The summed E-state index contributed by atoms with van der Waals surface area (Å²) in [7, 11) is 2.96. The molecular formula is C29H34O13. The molecule has 2 aromatic rings. The van der Waals surface area contributed by atoms with Crippen LogP contribution in [0.5, 0.6) is 28.7 Å². The Kier molecular flexibility index (Phi) is 7.48. The zero-order valence-corrected chi connectivity index (χ0v) is 23.0. The lowest BCUT2D eigenvalue weighted by Gasteiger charge is -2.47. The molecule has 1 saturated heterocycles. The van der Waals surface area contributed by atoms with Gasteiger partial charge in [-0.05, 0) is 23.8 Å². The van der Waals surface area contributed by atoms with Gasteiger partial charge in [0.15, 0.2) is 29.5 Å². The minimum atomic E-state index is -1.84. The Morgan fingerprint density at radius 3 is 2.45 bits per heavy atom. The topological polar surface area (TPSA) is 186 Å². The molecule has 0 radical (unpaired) electrons. The van der Waals surface area contributed by atoms with Crippen molar-refractivity contribution in [2.45, 2.75) is 61.0 Å². The highest BCUT2D eigenvalue weighted by Gasteiger charge is 2.56. The average Bonchev–Trinajstić information content (AvgIpc) is 3.45. The largest absolute Gasteiger partial charge is 0.493 e. The molecule has 0 aliphatic carbocycles. The van der Waals surface area contributed by atoms with Gasteiger partial charge in [0.2, 0.25) is 0 Å². The van der Waals surface area contributed by atoms with E-state index in [4.69, 9.17) is 33.2 Å². The second-order valence-corrected chi connectivity index (χ2v) is 10.8. The first-order valence-electron chi connectivity index (χ1n) is 13.5. The van der Waals surface area contributed by atoms with Crippen LogP contribution < -0.4 is 23.7 Å². The zero-order chi connectivity index (χ0) is 29.9. The first-order chi connectivity index (χ1) is 20.1. The first kappa shape index (κ1) is 29.0. The highest BCUT2D eigenvalue weighted by molar-refractivity contribution is 5.60. The number of hydrogen-bond donors (Lipinski definition) is 6. The van der Waals surface area contributed by atoms with E-state index < -0.39 is 61.2 Å². The van der Waals surface area contributed by atoms with Crippen LogP contribution in [-0.2, 0) is 21.5 Å². The maximum atomic E-state index is 11.9. The minimum absolute atomic E-state index is 0.0386. The Morgan fingerprint density at radius 1 is 1.00 bits per heavy atom. The lowest BCUT2D eigenvalue weighted by atomic mass is 9.76. The number of aliphatic hydroxyl groups is 6. The summed E-state index contributed by atoms with van der Waals surface area (Å²) in [6.45, 7) is 3.31. The van der Waals surface area contributed by atoms with Crippen LogP contribution in [0, 0.1) is 0 Å². The molecule has 0 unspecified atom stereocenters. The highest BCUT2D eigenvalue weighted by Crippen LogP contribution is 2.55. The van der Waals surface area contributed by atoms with Crippen LogP contribution in [0.25, 0.3) is 0 Å². The third kappa shape index (κ3) is 4.39. The standard InChI is InChI=1S/C29H34O13/c1-12(10-39-28-25(33)24(32)23(31)21(9-30)41-28)17-6-14-16(40-17)5-4-13-26(14)42-22-11-38-18-8-20(37-3)19(36-2)7-15(18)29(22,35)27(13)34/h4-5,7-8,17,21-25,27-28,30-35H,1,6,9-11H2,2-3H3/t17-,21+,22+,23+,24-,25+,27-,28+,29+/m0/s1. The van der Waals surface area contributed by atoms with Crippen molar-refractivity contribution in [1.82, 2.24) is 0 Å². The summed E-state index contributed by atoms with van der Waals surface area (Å²) < 4.78 is 40.1. The molecule has 2 aromatic carbocycles. The molecule has 6 N–H and O–H groups in total. The second-order valence-electron chi connectivity index (χ2n) is 10.8. The van der Waals surface area contributed by atoms with Crippen molar-refractivity contribution in [1.29, 1.82) is 0 Å². The summed E-state index contributed by atoms with van der Waals surface area (Å²) in [6.07, 6.45) is -9.56. The summed E-state index contributed by atoms with van der Waals surface area (Å²) in [5.74, 6) is 2.02.